The zero-order chi connectivity index (χ0) is 18.4. The number of aliphatic hydroxyl groups is 3. The minimum Gasteiger partial charge on any atom is -0.392 e. The number of aromatic nitrogens is 2. The lowest BCUT2D eigenvalue weighted by atomic mass is 9.44. The number of nitrogens with zero attached hydrogens (tertiary/aromatic N) is 2. The summed E-state index contributed by atoms with van der Waals surface area (Å²) in [5.41, 5.74) is 1.55. The van der Waals surface area contributed by atoms with Crippen molar-refractivity contribution in [3.63, 3.8) is 0 Å². The molecule has 2 heterocycles. The topological polar surface area (TPSA) is 78.5 Å². The summed E-state index contributed by atoms with van der Waals surface area (Å²) in [6, 6.07) is 8.41. The molecule has 1 aliphatic heterocycles. The molecule has 5 heteroatoms. The van der Waals surface area contributed by atoms with E-state index in [1.54, 1.807) is 0 Å². The van der Waals surface area contributed by atoms with Crippen molar-refractivity contribution in [1.82, 2.24) is 9.55 Å². The van der Waals surface area contributed by atoms with Crippen molar-refractivity contribution in [2.24, 2.45) is 11.3 Å². The van der Waals surface area contributed by atoms with E-state index in [0.717, 1.165) is 25.0 Å². The van der Waals surface area contributed by atoms with Crippen molar-refractivity contribution in [1.29, 1.82) is 0 Å². The first-order valence-electron chi connectivity index (χ1n) is 10.1. The van der Waals surface area contributed by atoms with Gasteiger partial charge in [-0.3, -0.25) is 0 Å². The smallest absolute Gasteiger partial charge is 0.0956 e. The molecule has 3 N–H and O–H groups in total. The van der Waals surface area contributed by atoms with E-state index in [1.165, 1.54) is 11.1 Å². The van der Waals surface area contributed by atoms with E-state index in [-0.39, 0.29) is 11.5 Å². The zero-order valence-electron chi connectivity index (χ0n) is 15.4. The highest BCUT2D eigenvalue weighted by molar-refractivity contribution is 5.68. The molecule has 7 rings (SSSR count). The van der Waals surface area contributed by atoms with Crippen LogP contribution in [-0.2, 0) is 0 Å². The van der Waals surface area contributed by atoms with Gasteiger partial charge < -0.3 is 19.9 Å². The molecule has 0 saturated heterocycles. The summed E-state index contributed by atoms with van der Waals surface area (Å²) in [5, 5.41) is 33.5. The number of fused-ring (bicyclic) bond motifs is 3. The Morgan fingerprint density at radius 2 is 1.81 bits per heavy atom. The number of imidazole rings is 1. The maximum atomic E-state index is 11.4. The molecule has 4 aliphatic carbocycles. The minimum atomic E-state index is -0.803. The van der Waals surface area contributed by atoms with Crippen LogP contribution in [0, 0.1) is 11.3 Å². The number of rotatable bonds is 3. The van der Waals surface area contributed by atoms with Crippen LogP contribution >= 0.6 is 0 Å². The number of hydrogen-bond donors (Lipinski definition) is 3. The van der Waals surface area contributed by atoms with Crippen molar-refractivity contribution >= 4 is 0 Å². The summed E-state index contributed by atoms with van der Waals surface area (Å²) in [4.78, 5) is 4.32. The molecule has 4 bridgehead atoms. The van der Waals surface area contributed by atoms with Gasteiger partial charge >= 0.3 is 0 Å². The van der Waals surface area contributed by atoms with E-state index < -0.39 is 17.3 Å². The number of aliphatic hydroxyl groups excluding tert-OH is 1. The second kappa shape index (κ2) is 5.02. The van der Waals surface area contributed by atoms with Crippen molar-refractivity contribution in [3.05, 3.63) is 42.4 Å². The SMILES string of the molecule is OC(CC1c2ccccc2-c2cncn21)C12CC3CC(O)(CC(O)(C3)C1)C2. The lowest BCUT2D eigenvalue weighted by molar-refractivity contribution is -0.252. The summed E-state index contributed by atoms with van der Waals surface area (Å²) in [6.07, 6.45) is 7.98. The Morgan fingerprint density at radius 3 is 2.56 bits per heavy atom. The zero-order valence-corrected chi connectivity index (χ0v) is 15.4. The van der Waals surface area contributed by atoms with Crippen LogP contribution in [-0.4, -0.2) is 42.2 Å². The van der Waals surface area contributed by atoms with Crippen LogP contribution in [0.3, 0.4) is 0 Å². The summed E-state index contributed by atoms with van der Waals surface area (Å²) in [6.45, 7) is 0. The number of hydrogen-bond acceptors (Lipinski definition) is 4. The van der Waals surface area contributed by atoms with Gasteiger partial charge in [0.25, 0.3) is 0 Å². The highest BCUT2D eigenvalue weighted by Crippen LogP contribution is 2.65. The van der Waals surface area contributed by atoms with Gasteiger partial charge in [0.2, 0.25) is 0 Å². The molecule has 142 valence electrons. The molecule has 27 heavy (non-hydrogen) atoms. The molecular weight excluding hydrogens is 340 g/mol. The molecule has 0 radical (unpaired) electrons. The first kappa shape index (κ1) is 16.3. The maximum Gasteiger partial charge on any atom is 0.0956 e. The molecule has 5 nitrogen and oxygen atoms in total. The van der Waals surface area contributed by atoms with Gasteiger partial charge in [0.15, 0.2) is 0 Å². The summed E-state index contributed by atoms with van der Waals surface area (Å²) >= 11 is 0. The van der Waals surface area contributed by atoms with Crippen LogP contribution in [0.25, 0.3) is 11.3 Å². The van der Waals surface area contributed by atoms with Gasteiger partial charge in [0.05, 0.1) is 41.6 Å². The van der Waals surface area contributed by atoms with Crippen molar-refractivity contribution in [2.75, 3.05) is 0 Å². The average Bonchev–Trinajstić information content (AvgIpc) is 3.14. The molecule has 0 spiro atoms. The monoisotopic (exact) mass is 366 g/mol. The van der Waals surface area contributed by atoms with E-state index in [1.807, 2.05) is 24.7 Å². The third kappa shape index (κ3) is 2.19. The molecule has 1 aromatic carbocycles. The fourth-order valence-corrected chi connectivity index (χ4v) is 7.42. The molecule has 2 aromatic rings. The molecule has 4 fully saturated rings. The molecule has 1 aromatic heterocycles. The summed E-state index contributed by atoms with van der Waals surface area (Å²) in [5.74, 6) is 0.325. The predicted molar refractivity (Wildman–Crippen MR) is 100.0 cm³/mol. The van der Waals surface area contributed by atoms with E-state index in [0.29, 0.717) is 31.6 Å². The third-order valence-electron chi connectivity index (χ3n) is 7.80. The third-order valence-corrected chi connectivity index (χ3v) is 7.80. The van der Waals surface area contributed by atoms with Crippen molar-refractivity contribution in [2.45, 2.75) is 68.3 Å². The fourth-order valence-electron chi connectivity index (χ4n) is 7.42. The van der Waals surface area contributed by atoms with Crippen molar-refractivity contribution in [3.8, 4) is 11.3 Å². The molecule has 0 amide bonds. The Balaban J connectivity index is 1.35. The Hall–Kier alpha value is -1.69. The Morgan fingerprint density at radius 1 is 1.07 bits per heavy atom. The van der Waals surface area contributed by atoms with Crippen LogP contribution in [0.15, 0.2) is 36.8 Å². The Kier molecular flexibility index (Phi) is 3.03. The second-order valence-electron chi connectivity index (χ2n) is 9.86. The van der Waals surface area contributed by atoms with E-state index in [2.05, 4.69) is 21.7 Å². The molecule has 4 atom stereocenters. The highest BCUT2D eigenvalue weighted by atomic mass is 16.3. The van der Waals surface area contributed by atoms with Crippen LogP contribution < -0.4 is 0 Å². The molecular formula is C22H26N2O3. The largest absolute Gasteiger partial charge is 0.392 e. The second-order valence-corrected chi connectivity index (χ2v) is 9.86. The van der Waals surface area contributed by atoms with Gasteiger partial charge in [-0.05, 0) is 50.0 Å². The average molecular weight is 366 g/mol. The first-order valence-corrected chi connectivity index (χ1v) is 10.1. The lowest BCUT2D eigenvalue weighted by Crippen LogP contribution is -2.65. The van der Waals surface area contributed by atoms with Gasteiger partial charge in [0, 0.05) is 17.4 Å². The fraction of sp³-hybridized carbons (Fsp3) is 0.591. The van der Waals surface area contributed by atoms with Gasteiger partial charge in [-0.2, -0.15) is 0 Å². The quantitative estimate of drug-likeness (QED) is 0.780. The Bertz CT molecular complexity index is 904. The normalized spacial score (nSPS) is 42.2. The van der Waals surface area contributed by atoms with E-state index in [9.17, 15) is 15.3 Å². The maximum absolute atomic E-state index is 11.4. The predicted octanol–water partition coefficient (Wildman–Crippen LogP) is 2.65. The molecule has 4 saturated carbocycles. The van der Waals surface area contributed by atoms with Crippen LogP contribution in [0.1, 0.15) is 56.6 Å². The molecule has 5 aliphatic rings. The lowest BCUT2D eigenvalue weighted by Gasteiger charge is -2.64. The van der Waals surface area contributed by atoms with Crippen LogP contribution in [0.5, 0.6) is 0 Å². The highest BCUT2D eigenvalue weighted by Gasteiger charge is 2.64. The summed E-state index contributed by atoms with van der Waals surface area (Å²) < 4.78 is 2.16. The summed E-state index contributed by atoms with van der Waals surface area (Å²) in [7, 11) is 0. The van der Waals surface area contributed by atoms with E-state index >= 15 is 0 Å². The van der Waals surface area contributed by atoms with E-state index in [4.69, 9.17) is 0 Å². The van der Waals surface area contributed by atoms with Gasteiger partial charge in [-0.15, -0.1) is 0 Å². The Labute approximate surface area is 158 Å². The first-order chi connectivity index (χ1) is 12.9. The van der Waals surface area contributed by atoms with Gasteiger partial charge in [-0.25, -0.2) is 4.98 Å². The standard InChI is InChI=1S/C22H26N2O3/c25-19(20-6-14-7-21(26,10-20)12-22(27,8-14)11-20)5-17-15-3-1-2-4-16(15)18-9-23-13-24(17)18/h1-4,9,13-14,17,19,25-27H,5-8,10-12H2. The minimum absolute atomic E-state index is 0.0611. The van der Waals surface area contributed by atoms with Crippen LogP contribution in [0.2, 0.25) is 0 Å². The number of benzene rings is 1. The van der Waals surface area contributed by atoms with Gasteiger partial charge in [-0.1, -0.05) is 24.3 Å². The van der Waals surface area contributed by atoms with Crippen molar-refractivity contribution < 1.29 is 15.3 Å². The van der Waals surface area contributed by atoms with Crippen LogP contribution in [0.4, 0.5) is 0 Å². The van der Waals surface area contributed by atoms with Gasteiger partial charge in [0.1, 0.15) is 0 Å². The molecule has 4 unspecified atom stereocenters.